The van der Waals surface area contributed by atoms with Gasteiger partial charge in [-0.15, -0.1) is 11.8 Å². The molecule has 1 fully saturated rings. The van der Waals surface area contributed by atoms with Crippen LogP contribution in [0.25, 0.3) is 0 Å². The molecule has 0 radical (unpaired) electrons. The maximum Gasteiger partial charge on any atom is 0.313 e. The number of carbonyl (C=O) groups is 2. The maximum atomic E-state index is 12.6. The van der Waals surface area contributed by atoms with Crippen molar-refractivity contribution in [3.05, 3.63) is 53.6 Å². The van der Waals surface area contributed by atoms with Gasteiger partial charge in [0.15, 0.2) is 0 Å². The zero-order valence-electron chi connectivity index (χ0n) is 18.9. The van der Waals surface area contributed by atoms with Crippen molar-refractivity contribution in [1.82, 2.24) is 10.2 Å². The molecule has 2 aromatic carbocycles. The second-order valence-corrected chi connectivity index (χ2v) is 9.38. The van der Waals surface area contributed by atoms with Crippen LogP contribution in [0.2, 0.25) is 0 Å². The van der Waals surface area contributed by atoms with Crippen LogP contribution in [0.3, 0.4) is 0 Å². The van der Waals surface area contributed by atoms with Crippen molar-refractivity contribution in [2.45, 2.75) is 36.6 Å². The van der Waals surface area contributed by atoms with E-state index in [2.05, 4.69) is 45.7 Å². The first-order chi connectivity index (χ1) is 15.6. The molecule has 6 nitrogen and oxygen atoms in total. The van der Waals surface area contributed by atoms with Gasteiger partial charge >= 0.3 is 11.8 Å². The van der Waals surface area contributed by atoms with Crippen LogP contribution in [-0.2, 0) is 16.0 Å². The van der Waals surface area contributed by atoms with Crippen molar-refractivity contribution in [3.63, 3.8) is 0 Å². The van der Waals surface area contributed by atoms with Crippen molar-refractivity contribution in [3.8, 4) is 0 Å². The third-order valence-electron chi connectivity index (χ3n) is 6.44. The van der Waals surface area contributed by atoms with Gasteiger partial charge in [-0.3, -0.25) is 14.5 Å². The fraction of sp³-hybridized carbons (Fsp3) is 0.440. The Morgan fingerprint density at radius 1 is 1.03 bits per heavy atom. The van der Waals surface area contributed by atoms with E-state index in [0.29, 0.717) is 12.2 Å². The Hall–Kier alpha value is -2.51. The number of rotatable bonds is 6. The lowest BCUT2D eigenvalue weighted by Crippen LogP contribution is -2.41. The van der Waals surface area contributed by atoms with E-state index in [1.54, 1.807) is 0 Å². The summed E-state index contributed by atoms with van der Waals surface area (Å²) >= 11 is 1.54. The second kappa shape index (κ2) is 10.4. The van der Waals surface area contributed by atoms with Crippen molar-refractivity contribution < 1.29 is 9.59 Å². The number of carbonyl (C=O) groups excluding carboxylic acids is 2. The molecule has 32 heavy (non-hydrogen) atoms. The van der Waals surface area contributed by atoms with Crippen LogP contribution in [0.4, 0.5) is 11.4 Å². The number of hydrogen-bond donors (Lipinski definition) is 2. The highest BCUT2D eigenvalue weighted by atomic mass is 32.2. The number of anilines is 2. The Labute approximate surface area is 194 Å². The lowest BCUT2D eigenvalue weighted by molar-refractivity contribution is -0.136. The molecule has 1 unspecified atom stereocenters. The first kappa shape index (κ1) is 22.7. The minimum atomic E-state index is -0.626. The summed E-state index contributed by atoms with van der Waals surface area (Å²) in [5.41, 5.74) is 4.55. The van der Waals surface area contributed by atoms with Crippen molar-refractivity contribution in [2.75, 3.05) is 49.7 Å². The Kier molecular flexibility index (Phi) is 7.37. The molecular weight excluding hydrogens is 420 g/mol. The third-order valence-corrected chi connectivity index (χ3v) is 7.23. The van der Waals surface area contributed by atoms with Crippen LogP contribution in [0.15, 0.2) is 47.4 Å². The van der Waals surface area contributed by atoms with Gasteiger partial charge in [-0.2, -0.15) is 0 Å². The smallest absolute Gasteiger partial charge is 0.313 e. The zero-order chi connectivity index (χ0) is 22.5. The van der Waals surface area contributed by atoms with Crippen molar-refractivity contribution in [1.29, 1.82) is 0 Å². The van der Waals surface area contributed by atoms with Gasteiger partial charge < -0.3 is 15.5 Å². The fourth-order valence-corrected chi connectivity index (χ4v) is 5.27. The molecule has 170 valence electrons. The summed E-state index contributed by atoms with van der Waals surface area (Å²) in [7, 11) is 2.14. The van der Waals surface area contributed by atoms with Gasteiger partial charge in [-0.05, 0) is 74.4 Å². The van der Waals surface area contributed by atoms with E-state index in [9.17, 15) is 9.59 Å². The maximum absolute atomic E-state index is 12.6. The highest BCUT2D eigenvalue weighted by Gasteiger charge is 2.26. The number of nitrogens with zero attached hydrogens (tertiary/aromatic N) is 2. The number of benzene rings is 2. The number of likely N-dealkylation sites (tertiary alicyclic amines) is 1. The number of hydrogen-bond acceptors (Lipinski definition) is 5. The van der Waals surface area contributed by atoms with Gasteiger partial charge in [0.2, 0.25) is 0 Å². The summed E-state index contributed by atoms with van der Waals surface area (Å²) in [6.07, 6.45) is 6.54. The number of amides is 2. The standard InChI is InChI=1S/C25H32N4O2S/c1-28-13-7-8-18-16-19(11-12-21(18)28)22(29-14-5-6-15-29)17-26-24(30)25(31)27-20-9-3-4-10-23(20)32-2/h3-4,9-12,16,22H,5-8,13-15,17H2,1-2H3,(H,26,30)(H,27,31). The summed E-state index contributed by atoms with van der Waals surface area (Å²) in [6, 6.07) is 14.3. The number of fused-ring (bicyclic) bond motifs is 1. The molecule has 2 amide bonds. The number of thioether (sulfide) groups is 1. The largest absolute Gasteiger partial charge is 0.374 e. The van der Waals surface area contributed by atoms with Crippen LogP contribution in [0.5, 0.6) is 0 Å². The first-order valence-electron chi connectivity index (χ1n) is 11.4. The number of para-hydroxylation sites is 1. The summed E-state index contributed by atoms with van der Waals surface area (Å²) < 4.78 is 0. The molecule has 0 saturated carbocycles. The summed E-state index contributed by atoms with van der Waals surface area (Å²) in [6.45, 7) is 3.55. The molecule has 7 heteroatoms. The van der Waals surface area contributed by atoms with Gasteiger partial charge in [0.25, 0.3) is 0 Å². The highest BCUT2D eigenvalue weighted by Crippen LogP contribution is 2.32. The van der Waals surface area contributed by atoms with Gasteiger partial charge in [-0.25, -0.2) is 0 Å². The molecule has 1 atom stereocenters. The van der Waals surface area contributed by atoms with Gasteiger partial charge in [0.1, 0.15) is 0 Å². The van der Waals surface area contributed by atoms with Crippen molar-refractivity contribution in [2.24, 2.45) is 0 Å². The average Bonchev–Trinajstić information content (AvgIpc) is 3.34. The van der Waals surface area contributed by atoms with Gasteiger partial charge in [0.05, 0.1) is 11.7 Å². The lowest BCUT2D eigenvalue weighted by atomic mass is 9.96. The average molecular weight is 453 g/mol. The second-order valence-electron chi connectivity index (χ2n) is 8.54. The predicted molar refractivity (Wildman–Crippen MR) is 131 cm³/mol. The van der Waals surface area contributed by atoms with E-state index >= 15 is 0 Å². The van der Waals surface area contributed by atoms with E-state index in [4.69, 9.17) is 0 Å². The molecular formula is C25H32N4O2S. The zero-order valence-corrected chi connectivity index (χ0v) is 19.7. The quantitative estimate of drug-likeness (QED) is 0.517. The molecule has 0 bridgehead atoms. The number of nitrogens with one attached hydrogen (secondary N) is 2. The normalized spacial score (nSPS) is 17.0. The van der Waals surface area contributed by atoms with Gasteiger partial charge in [0, 0.05) is 30.7 Å². The molecule has 2 N–H and O–H groups in total. The predicted octanol–water partition coefficient (Wildman–Crippen LogP) is 3.68. The topological polar surface area (TPSA) is 64.7 Å². The molecule has 1 saturated heterocycles. The van der Waals surface area contributed by atoms with Crippen LogP contribution in [-0.4, -0.2) is 56.2 Å². The van der Waals surface area contributed by atoms with E-state index < -0.39 is 11.8 Å². The van der Waals surface area contributed by atoms with Crippen LogP contribution < -0.4 is 15.5 Å². The summed E-state index contributed by atoms with van der Waals surface area (Å²) in [5, 5.41) is 5.64. The Balaban J connectivity index is 1.45. The molecule has 4 rings (SSSR count). The molecule has 2 heterocycles. The molecule has 2 aliphatic rings. The van der Waals surface area contributed by atoms with Crippen LogP contribution in [0, 0.1) is 0 Å². The molecule has 0 aromatic heterocycles. The van der Waals surface area contributed by atoms with Crippen LogP contribution >= 0.6 is 11.8 Å². The summed E-state index contributed by atoms with van der Waals surface area (Å²) in [5.74, 6) is -1.22. The first-order valence-corrected chi connectivity index (χ1v) is 12.6. The Morgan fingerprint density at radius 3 is 2.59 bits per heavy atom. The molecule has 2 aliphatic heterocycles. The third kappa shape index (κ3) is 5.10. The van der Waals surface area contributed by atoms with E-state index in [1.807, 2.05) is 30.5 Å². The number of aryl methyl sites for hydroxylation is 1. The van der Waals surface area contributed by atoms with Gasteiger partial charge in [-0.1, -0.05) is 24.3 Å². The molecule has 0 spiro atoms. The Bertz CT molecular complexity index is 974. The lowest BCUT2D eigenvalue weighted by Gasteiger charge is -2.31. The minimum Gasteiger partial charge on any atom is -0.374 e. The SMILES string of the molecule is CSc1ccccc1NC(=O)C(=O)NCC(c1ccc2c(c1)CCCN2C)N1CCCC1. The highest BCUT2D eigenvalue weighted by molar-refractivity contribution is 7.98. The molecule has 2 aromatic rings. The minimum absolute atomic E-state index is 0.0743. The van der Waals surface area contributed by atoms with E-state index in [-0.39, 0.29) is 6.04 Å². The van der Waals surface area contributed by atoms with E-state index in [1.165, 1.54) is 41.4 Å². The van der Waals surface area contributed by atoms with Crippen molar-refractivity contribution >= 4 is 35.0 Å². The fourth-order valence-electron chi connectivity index (χ4n) is 4.72. The molecule has 0 aliphatic carbocycles. The van der Waals surface area contributed by atoms with E-state index in [0.717, 1.165) is 37.4 Å². The Morgan fingerprint density at radius 2 is 1.81 bits per heavy atom. The monoisotopic (exact) mass is 452 g/mol. The van der Waals surface area contributed by atoms with Crippen LogP contribution in [0.1, 0.15) is 36.4 Å². The summed E-state index contributed by atoms with van der Waals surface area (Å²) in [4.78, 5) is 30.8.